The number of nitrogens with zero attached hydrogens (tertiary/aromatic N) is 1. The van der Waals surface area contributed by atoms with Crippen molar-refractivity contribution in [1.82, 2.24) is 9.97 Å². The highest BCUT2D eigenvalue weighted by atomic mass is 79.9. The average Bonchev–Trinajstić information content (AvgIpc) is 2.35. The number of hydrogen-bond donors (Lipinski definition) is 2. The zero-order valence-corrected chi connectivity index (χ0v) is 11.6. The zero-order chi connectivity index (χ0) is 12.3. The molecule has 0 bridgehead atoms. The van der Waals surface area contributed by atoms with Crippen LogP contribution in [-0.4, -0.2) is 16.0 Å². The molecule has 0 amide bonds. The molecule has 1 aromatic heterocycles. The van der Waals surface area contributed by atoms with Crippen LogP contribution in [0.2, 0.25) is 0 Å². The third-order valence-corrected chi connectivity index (χ3v) is 4.23. The Morgan fingerprint density at radius 2 is 2.41 bits per heavy atom. The van der Waals surface area contributed by atoms with Crippen LogP contribution in [0, 0.1) is 5.92 Å². The topological polar surface area (TPSA) is 57.8 Å². The van der Waals surface area contributed by atoms with Crippen LogP contribution >= 0.6 is 15.9 Å². The van der Waals surface area contributed by atoms with Gasteiger partial charge >= 0.3 is 0 Å². The molecule has 1 heterocycles. The molecule has 4 nitrogen and oxygen atoms in total. The summed E-state index contributed by atoms with van der Waals surface area (Å²) in [5, 5.41) is 3.38. The summed E-state index contributed by atoms with van der Waals surface area (Å²) in [5.74, 6) is 1.47. The van der Waals surface area contributed by atoms with Gasteiger partial charge in [-0.2, -0.15) is 0 Å². The van der Waals surface area contributed by atoms with E-state index in [0.29, 0.717) is 16.3 Å². The van der Waals surface area contributed by atoms with E-state index >= 15 is 0 Å². The Labute approximate surface area is 109 Å². The van der Waals surface area contributed by atoms with Crippen molar-refractivity contribution in [2.24, 2.45) is 5.92 Å². The van der Waals surface area contributed by atoms with E-state index in [1.165, 1.54) is 32.0 Å². The normalized spacial score (nSPS) is 24.6. The molecule has 0 saturated heterocycles. The molecule has 2 unspecified atom stereocenters. The van der Waals surface area contributed by atoms with Gasteiger partial charge in [-0.1, -0.05) is 26.2 Å². The second kappa shape index (κ2) is 5.67. The molecule has 1 fully saturated rings. The van der Waals surface area contributed by atoms with Gasteiger partial charge in [0.05, 0.1) is 6.33 Å². The van der Waals surface area contributed by atoms with Gasteiger partial charge in [0.15, 0.2) is 0 Å². The number of aromatic amines is 1. The minimum absolute atomic E-state index is 0.134. The van der Waals surface area contributed by atoms with E-state index in [9.17, 15) is 4.79 Å². The Bertz CT molecular complexity index is 432. The Morgan fingerprint density at radius 1 is 1.59 bits per heavy atom. The Kier molecular flexibility index (Phi) is 4.20. The molecule has 1 saturated carbocycles. The fraction of sp³-hybridized carbons (Fsp3) is 0.667. The highest BCUT2D eigenvalue weighted by Crippen LogP contribution is 2.29. The number of anilines is 1. The molecule has 0 aromatic carbocycles. The van der Waals surface area contributed by atoms with E-state index in [2.05, 4.69) is 38.1 Å². The quantitative estimate of drug-likeness (QED) is 0.902. The Balaban J connectivity index is 2.05. The van der Waals surface area contributed by atoms with E-state index in [1.807, 2.05) is 0 Å². The number of aromatic nitrogens is 2. The van der Waals surface area contributed by atoms with Crippen molar-refractivity contribution in [1.29, 1.82) is 0 Å². The predicted molar refractivity (Wildman–Crippen MR) is 72.2 cm³/mol. The lowest BCUT2D eigenvalue weighted by Crippen LogP contribution is -2.28. The SMILES string of the molecule is CCC1CCCC(Nc2nc[nH]c(=O)c2Br)C1. The van der Waals surface area contributed by atoms with Crippen LogP contribution in [0.3, 0.4) is 0 Å². The molecule has 2 atom stereocenters. The van der Waals surface area contributed by atoms with E-state index in [4.69, 9.17) is 0 Å². The first-order valence-corrected chi connectivity index (χ1v) is 6.99. The largest absolute Gasteiger partial charge is 0.366 e. The van der Waals surface area contributed by atoms with Crippen LogP contribution in [-0.2, 0) is 0 Å². The molecular formula is C12H18BrN3O. The molecule has 17 heavy (non-hydrogen) atoms. The van der Waals surface area contributed by atoms with Crippen molar-refractivity contribution in [3.8, 4) is 0 Å². The molecule has 2 N–H and O–H groups in total. The smallest absolute Gasteiger partial charge is 0.267 e. The number of halogens is 1. The summed E-state index contributed by atoms with van der Waals surface area (Å²) in [6.07, 6.45) is 7.61. The maximum Gasteiger partial charge on any atom is 0.267 e. The number of H-pyrrole nitrogens is 1. The maximum absolute atomic E-state index is 11.4. The minimum atomic E-state index is -0.134. The van der Waals surface area contributed by atoms with Gasteiger partial charge in [-0.15, -0.1) is 0 Å². The van der Waals surface area contributed by atoms with Gasteiger partial charge in [0.2, 0.25) is 0 Å². The van der Waals surface area contributed by atoms with Gasteiger partial charge in [-0.25, -0.2) is 4.98 Å². The molecule has 1 aromatic rings. The number of hydrogen-bond acceptors (Lipinski definition) is 3. The third-order valence-electron chi connectivity index (χ3n) is 3.50. The molecule has 0 aliphatic heterocycles. The summed E-state index contributed by atoms with van der Waals surface area (Å²) >= 11 is 3.27. The monoisotopic (exact) mass is 299 g/mol. The van der Waals surface area contributed by atoms with Gasteiger partial charge in [-0.3, -0.25) is 4.79 Å². The van der Waals surface area contributed by atoms with Gasteiger partial charge < -0.3 is 10.3 Å². The first-order valence-electron chi connectivity index (χ1n) is 6.20. The lowest BCUT2D eigenvalue weighted by molar-refractivity contribution is 0.327. The van der Waals surface area contributed by atoms with E-state index in [-0.39, 0.29) is 5.56 Å². The van der Waals surface area contributed by atoms with Crippen molar-refractivity contribution in [3.63, 3.8) is 0 Å². The Morgan fingerprint density at radius 3 is 3.18 bits per heavy atom. The summed E-state index contributed by atoms with van der Waals surface area (Å²) in [5.41, 5.74) is -0.134. The summed E-state index contributed by atoms with van der Waals surface area (Å²) < 4.78 is 0.499. The lowest BCUT2D eigenvalue weighted by atomic mass is 9.84. The fourth-order valence-electron chi connectivity index (χ4n) is 2.47. The second-order valence-electron chi connectivity index (χ2n) is 4.68. The van der Waals surface area contributed by atoms with Gasteiger partial charge in [0.25, 0.3) is 5.56 Å². The van der Waals surface area contributed by atoms with Crippen molar-refractivity contribution in [2.45, 2.75) is 45.1 Å². The zero-order valence-electron chi connectivity index (χ0n) is 10.0. The minimum Gasteiger partial charge on any atom is -0.366 e. The van der Waals surface area contributed by atoms with E-state index < -0.39 is 0 Å². The van der Waals surface area contributed by atoms with Crippen LogP contribution in [0.4, 0.5) is 5.82 Å². The second-order valence-corrected chi connectivity index (χ2v) is 5.47. The molecule has 94 valence electrons. The van der Waals surface area contributed by atoms with Gasteiger partial charge in [-0.05, 0) is 34.7 Å². The Hall–Kier alpha value is -0.840. The van der Waals surface area contributed by atoms with Crippen LogP contribution < -0.4 is 10.9 Å². The summed E-state index contributed by atoms with van der Waals surface area (Å²) in [4.78, 5) is 18.1. The van der Waals surface area contributed by atoms with Crippen LogP contribution in [0.5, 0.6) is 0 Å². The highest BCUT2D eigenvalue weighted by Gasteiger charge is 2.21. The molecule has 0 spiro atoms. The highest BCUT2D eigenvalue weighted by molar-refractivity contribution is 9.10. The fourth-order valence-corrected chi connectivity index (χ4v) is 2.80. The standard InChI is InChI=1S/C12H18BrN3O/c1-2-8-4-3-5-9(6-8)16-11-10(13)12(17)15-7-14-11/h7-9H,2-6H2,1H3,(H2,14,15,16,17). The lowest BCUT2D eigenvalue weighted by Gasteiger charge is -2.29. The van der Waals surface area contributed by atoms with Crippen LogP contribution in [0.15, 0.2) is 15.6 Å². The number of nitrogens with one attached hydrogen (secondary N) is 2. The van der Waals surface area contributed by atoms with Crippen molar-refractivity contribution in [3.05, 3.63) is 21.2 Å². The molecule has 5 heteroatoms. The van der Waals surface area contributed by atoms with Gasteiger partial charge in [0, 0.05) is 6.04 Å². The first kappa shape index (κ1) is 12.6. The number of rotatable bonds is 3. The van der Waals surface area contributed by atoms with Gasteiger partial charge in [0.1, 0.15) is 10.3 Å². The van der Waals surface area contributed by atoms with Crippen molar-refractivity contribution >= 4 is 21.7 Å². The molecule has 1 aliphatic rings. The average molecular weight is 300 g/mol. The summed E-state index contributed by atoms with van der Waals surface area (Å²) in [7, 11) is 0. The maximum atomic E-state index is 11.4. The van der Waals surface area contributed by atoms with Crippen molar-refractivity contribution < 1.29 is 0 Å². The predicted octanol–water partition coefficient (Wildman–Crippen LogP) is 2.91. The molecule has 0 radical (unpaired) electrons. The summed E-state index contributed by atoms with van der Waals surface area (Å²) in [6, 6.07) is 0.444. The third kappa shape index (κ3) is 3.09. The molecular weight excluding hydrogens is 282 g/mol. The van der Waals surface area contributed by atoms with Crippen LogP contribution in [0.25, 0.3) is 0 Å². The first-order chi connectivity index (χ1) is 8.20. The summed E-state index contributed by atoms with van der Waals surface area (Å²) in [6.45, 7) is 2.24. The van der Waals surface area contributed by atoms with Crippen LogP contribution in [0.1, 0.15) is 39.0 Å². The van der Waals surface area contributed by atoms with Crippen molar-refractivity contribution in [2.75, 3.05) is 5.32 Å². The molecule has 1 aliphatic carbocycles. The molecule has 2 rings (SSSR count). The van der Waals surface area contributed by atoms with E-state index in [1.54, 1.807) is 0 Å². The van der Waals surface area contributed by atoms with E-state index in [0.717, 1.165) is 12.3 Å².